The zero-order valence-corrected chi connectivity index (χ0v) is 10.5. The minimum atomic E-state index is -0.709. The van der Waals surface area contributed by atoms with E-state index in [4.69, 9.17) is 11.6 Å². The maximum absolute atomic E-state index is 11.8. The molecule has 1 atom stereocenters. The van der Waals surface area contributed by atoms with Crippen molar-refractivity contribution in [2.24, 2.45) is 0 Å². The van der Waals surface area contributed by atoms with Crippen molar-refractivity contribution in [3.8, 4) is 0 Å². The molecular weight excluding hydrogens is 244 g/mol. The lowest BCUT2D eigenvalue weighted by Crippen LogP contribution is -2.39. The van der Waals surface area contributed by atoms with Crippen LogP contribution in [0.2, 0.25) is 5.15 Å². The third-order valence-electron chi connectivity index (χ3n) is 2.09. The molecule has 0 aliphatic carbocycles. The minimum Gasteiger partial charge on any atom is -0.467 e. The van der Waals surface area contributed by atoms with Crippen LogP contribution in [0.1, 0.15) is 23.0 Å². The number of hydrogen-bond donors (Lipinski definition) is 1. The molecule has 0 radical (unpaired) electrons. The molecule has 0 aliphatic heterocycles. The summed E-state index contributed by atoms with van der Waals surface area (Å²) in [5.74, 6) is -0.898. The molecule has 5 nitrogen and oxygen atoms in total. The van der Waals surface area contributed by atoms with Crippen molar-refractivity contribution in [3.63, 3.8) is 0 Å². The summed E-state index contributed by atoms with van der Waals surface area (Å²) in [5.41, 5.74) is 0.992. The molecule has 1 aromatic rings. The Balaban J connectivity index is 2.79. The van der Waals surface area contributed by atoms with Crippen LogP contribution in [0.3, 0.4) is 0 Å². The number of nitrogens with zero attached hydrogens (tertiary/aromatic N) is 1. The van der Waals surface area contributed by atoms with Crippen LogP contribution in [0, 0.1) is 6.92 Å². The third kappa shape index (κ3) is 3.71. The van der Waals surface area contributed by atoms with Gasteiger partial charge >= 0.3 is 5.97 Å². The number of esters is 1. The van der Waals surface area contributed by atoms with E-state index in [1.165, 1.54) is 13.2 Å². The summed E-state index contributed by atoms with van der Waals surface area (Å²) in [6.07, 6.45) is 0. The fraction of sp³-hybridized carbons (Fsp3) is 0.364. The molecule has 0 bridgehead atoms. The Kier molecular flexibility index (Phi) is 4.45. The van der Waals surface area contributed by atoms with Crippen molar-refractivity contribution in [3.05, 3.63) is 28.5 Å². The van der Waals surface area contributed by atoms with Crippen molar-refractivity contribution in [1.29, 1.82) is 0 Å². The average Bonchev–Trinajstić information content (AvgIpc) is 2.26. The Bertz CT molecular complexity index is 428. The van der Waals surface area contributed by atoms with Gasteiger partial charge in [0.05, 0.1) is 7.11 Å². The second kappa shape index (κ2) is 5.63. The summed E-state index contributed by atoms with van der Waals surface area (Å²) in [6.45, 7) is 3.27. The summed E-state index contributed by atoms with van der Waals surface area (Å²) in [6, 6.07) is 2.32. The van der Waals surface area contributed by atoms with E-state index in [1.807, 2.05) is 0 Å². The highest BCUT2D eigenvalue weighted by Gasteiger charge is 2.17. The number of halogens is 1. The van der Waals surface area contributed by atoms with Gasteiger partial charge in [-0.15, -0.1) is 0 Å². The summed E-state index contributed by atoms with van der Waals surface area (Å²) < 4.78 is 4.50. The highest BCUT2D eigenvalue weighted by atomic mass is 35.5. The van der Waals surface area contributed by atoms with Crippen LogP contribution in [0.4, 0.5) is 0 Å². The molecule has 1 aromatic heterocycles. The van der Waals surface area contributed by atoms with Gasteiger partial charge in [-0.05, 0) is 26.0 Å². The van der Waals surface area contributed by atoms with Crippen molar-refractivity contribution in [1.82, 2.24) is 10.3 Å². The van der Waals surface area contributed by atoms with E-state index < -0.39 is 17.9 Å². The van der Waals surface area contributed by atoms with E-state index in [1.54, 1.807) is 19.9 Å². The van der Waals surface area contributed by atoms with Crippen molar-refractivity contribution in [2.75, 3.05) is 7.11 Å². The molecular formula is C11H13ClN2O3. The van der Waals surface area contributed by atoms with E-state index >= 15 is 0 Å². The molecule has 6 heteroatoms. The summed E-state index contributed by atoms with van der Waals surface area (Å²) in [5, 5.41) is 2.74. The number of amides is 1. The lowest BCUT2D eigenvalue weighted by atomic mass is 10.2. The molecule has 1 amide bonds. The topological polar surface area (TPSA) is 68.3 Å². The highest BCUT2D eigenvalue weighted by Crippen LogP contribution is 2.10. The lowest BCUT2D eigenvalue weighted by molar-refractivity contribution is -0.142. The fourth-order valence-corrected chi connectivity index (χ4v) is 1.53. The largest absolute Gasteiger partial charge is 0.467 e. The number of carbonyl (C=O) groups excluding carboxylic acids is 2. The van der Waals surface area contributed by atoms with E-state index in [-0.39, 0.29) is 5.15 Å². The monoisotopic (exact) mass is 256 g/mol. The van der Waals surface area contributed by atoms with Crippen molar-refractivity contribution >= 4 is 23.5 Å². The molecule has 0 unspecified atom stereocenters. The molecule has 17 heavy (non-hydrogen) atoms. The molecule has 0 fully saturated rings. The highest BCUT2D eigenvalue weighted by molar-refractivity contribution is 6.29. The number of carbonyl (C=O) groups is 2. The fourth-order valence-electron chi connectivity index (χ4n) is 1.27. The molecule has 92 valence electrons. The van der Waals surface area contributed by atoms with E-state index in [2.05, 4.69) is 15.0 Å². The third-order valence-corrected chi connectivity index (χ3v) is 2.28. The molecule has 1 N–H and O–H groups in total. The van der Waals surface area contributed by atoms with Gasteiger partial charge in [0, 0.05) is 11.3 Å². The van der Waals surface area contributed by atoms with Crippen LogP contribution < -0.4 is 5.32 Å². The zero-order chi connectivity index (χ0) is 13.0. The van der Waals surface area contributed by atoms with Gasteiger partial charge in [0.2, 0.25) is 0 Å². The van der Waals surface area contributed by atoms with Gasteiger partial charge < -0.3 is 10.1 Å². The number of pyridine rings is 1. The molecule has 0 spiro atoms. The number of methoxy groups -OCH3 is 1. The molecule has 0 saturated heterocycles. The second-order valence-electron chi connectivity index (χ2n) is 3.54. The van der Waals surface area contributed by atoms with Crippen LogP contribution in [-0.2, 0) is 9.53 Å². The molecule has 0 aliphatic rings. The van der Waals surface area contributed by atoms with Gasteiger partial charge in [0.25, 0.3) is 5.91 Å². The van der Waals surface area contributed by atoms with Gasteiger partial charge in [0.15, 0.2) is 0 Å². The Morgan fingerprint density at radius 3 is 2.65 bits per heavy atom. The standard InChI is InChI=1S/C11H13ClN2O3/c1-6-4-8(5-9(12)13-6)10(15)14-7(2)11(16)17-3/h4-5,7H,1-3H3,(H,14,15)/t7-/m0/s1. The SMILES string of the molecule is COC(=O)[C@H](C)NC(=O)c1cc(C)nc(Cl)c1. The van der Waals surface area contributed by atoms with Crippen LogP contribution >= 0.6 is 11.6 Å². The maximum atomic E-state index is 11.8. The molecule has 1 heterocycles. The van der Waals surface area contributed by atoms with Gasteiger partial charge in [-0.25, -0.2) is 9.78 Å². The predicted octanol–water partition coefficient (Wildman–Crippen LogP) is 1.33. The van der Waals surface area contributed by atoms with Crippen LogP contribution in [0.25, 0.3) is 0 Å². The van der Waals surface area contributed by atoms with Gasteiger partial charge in [-0.2, -0.15) is 0 Å². The first kappa shape index (κ1) is 13.4. The van der Waals surface area contributed by atoms with Gasteiger partial charge in [-0.1, -0.05) is 11.6 Å². The number of rotatable bonds is 3. The first-order chi connectivity index (χ1) is 7.93. The Morgan fingerprint density at radius 2 is 2.12 bits per heavy atom. The molecule has 0 aromatic carbocycles. The number of nitrogens with one attached hydrogen (secondary N) is 1. The van der Waals surface area contributed by atoms with Crippen molar-refractivity contribution in [2.45, 2.75) is 19.9 Å². The quantitative estimate of drug-likeness (QED) is 0.654. The molecule has 1 rings (SSSR count). The second-order valence-corrected chi connectivity index (χ2v) is 3.93. The Hall–Kier alpha value is -1.62. The van der Waals surface area contributed by atoms with Crippen LogP contribution in [0.5, 0.6) is 0 Å². The average molecular weight is 257 g/mol. The van der Waals surface area contributed by atoms with Gasteiger partial charge in [-0.3, -0.25) is 4.79 Å². The number of ether oxygens (including phenoxy) is 1. The smallest absolute Gasteiger partial charge is 0.328 e. The zero-order valence-electron chi connectivity index (χ0n) is 9.78. The predicted molar refractivity (Wildman–Crippen MR) is 62.9 cm³/mol. The minimum absolute atomic E-state index is 0.237. The van der Waals surface area contributed by atoms with E-state index in [0.717, 1.165) is 0 Å². The number of hydrogen-bond acceptors (Lipinski definition) is 4. The van der Waals surface area contributed by atoms with Crippen LogP contribution in [-0.4, -0.2) is 30.0 Å². The normalized spacial score (nSPS) is 11.8. The summed E-state index contributed by atoms with van der Waals surface area (Å²) in [4.78, 5) is 26.9. The Morgan fingerprint density at radius 1 is 1.47 bits per heavy atom. The molecule has 0 saturated carbocycles. The number of aryl methyl sites for hydroxylation is 1. The Labute approximate surface area is 104 Å². The number of aromatic nitrogens is 1. The van der Waals surface area contributed by atoms with E-state index in [9.17, 15) is 9.59 Å². The summed E-state index contributed by atoms with van der Waals surface area (Å²) in [7, 11) is 1.26. The van der Waals surface area contributed by atoms with E-state index in [0.29, 0.717) is 11.3 Å². The first-order valence-corrected chi connectivity index (χ1v) is 5.34. The van der Waals surface area contributed by atoms with Gasteiger partial charge in [0.1, 0.15) is 11.2 Å². The lowest BCUT2D eigenvalue weighted by Gasteiger charge is -2.11. The first-order valence-electron chi connectivity index (χ1n) is 4.97. The van der Waals surface area contributed by atoms with Crippen LogP contribution in [0.15, 0.2) is 12.1 Å². The summed E-state index contributed by atoms with van der Waals surface area (Å²) >= 11 is 5.74. The van der Waals surface area contributed by atoms with Crippen molar-refractivity contribution < 1.29 is 14.3 Å². The maximum Gasteiger partial charge on any atom is 0.328 e.